The first kappa shape index (κ1) is 9.00. The van der Waals surface area contributed by atoms with Gasteiger partial charge in [-0.15, -0.1) is 0 Å². The molecule has 0 amide bonds. The minimum atomic E-state index is 0.423. The molecular weight excluding hydrogens is 230 g/mol. The summed E-state index contributed by atoms with van der Waals surface area (Å²) in [6.07, 6.45) is 3.09. The van der Waals surface area contributed by atoms with Crippen LogP contribution in [0.3, 0.4) is 0 Å². The molecule has 0 aliphatic rings. The maximum Gasteiger partial charge on any atom is 0.0688 e. The molecule has 0 radical (unpaired) electrons. The van der Waals surface area contributed by atoms with Crippen LogP contribution in [0, 0.1) is 0 Å². The Morgan fingerprint density at radius 2 is 1.46 bits per heavy atom. The van der Waals surface area contributed by atoms with Crippen LogP contribution in [0.15, 0.2) is 18.5 Å². The number of fused-ring (bicyclic) bond motifs is 1. The lowest BCUT2D eigenvalue weighted by molar-refractivity contribution is 1.05. The van der Waals surface area contributed by atoms with Crippen molar-refractivity contribution in [3.05, 3.63) is 33.5 Å². The van der Waals surface area contributed by atoms with Gasteiger partial charge in [0.05, 0.1) is 27.5 Å². The van der Waals surface area contributed by atoms with E-state index in [1.807, 2.05) is 0 Å². The molecule has 0 aliphatic heterocycles. The summed E-state index contributed by atoms with van der Waals surface area (Å²) in [4.78, 5) is 0. The third-order valence-corrected chi connectivity index (χ3v) is 2.80. The largest absolute Gasteiger partial charge is 0.158 e. The highest BCUT2D eigenvalue weighted by Gasteiger charge is 2.07. The first-order chi connectivity index (χ1) is 6.20. The highest BCUT2D eigenvalue weighted by Crippen LogP contribution is 2.34. The summed E-state index contributed by atoms with van der Waals surface area (Å²) in [6, 6.07) is 1.59. The van der Waals surface area contributed by atoms with E-state index in [9.17, 15) is 0 Å². The van der Waals surface area contributed by atoms with E-state index in [1.165, 1.54) is 6.20 Å². The molecule has 0 spiro atoms. The van der Waals surface area contributed by atoms with Gasteiger partial charge in [0.15, 0.2) is 0 Å². The van der Waals surface area contributed by atoms with Crippen molar-refractivity contribution in [3.63, 3.8) is 0 Å². The Bertz CT molecular complexity index is 470. The molecule has 2 aromatic rings. The Morgan fingerprint density at radius 3 is 2.15 bits per heavy atom. The number of hydrogen-bond acceptors (Lipinski definition) is 2. The zero-order valence-corrected chi connectivity index (χ0v) is 8.53. The first-order valence-electron chi connectivity index (χ1n) is 3.44. The Kier molecular flexibility index (Phi) is 2.28. The van der Waals surface area contributed by atoms with E-state index in [1.54, 1.807) is 12.3 Å². The fraction of sp³-hybridized carbons (Fsp3) is 0. The van der Waals surface area contributed by atoms with E-state index in [0.29, 0.717) is 20.5 Å². The normalized spacial score (nSPS) is 10.7. The zero-order chi connectivity index (χ0) is 9.42. The summed E-state index contributed by atoms with van der Waals surface area (Å²) in [5.74, 6) is 0. The molecule has 0 N–H and O–H groups in total. The number of rotatable bonds is 0. The average molecular weight is 233 g/mol. The van der Waals surface area contributed by atoms with E-state index < -0.39 is 0 Å². The first-order valence-corrected chi connectivity index (χ1v) is 4.57. The molecule has 13 heavy (non-hydrogen) atoms. The van der Waals surface area contributed by atoms with Crippen LogP contribution in [-0.2, 0) is 0 Å². The van der Waals surface area contributed by atoms with Crippen molar-refractivity contribution in [1.82, 2.24) is 10.2 Å². The quantitative estimate of drug-likeness (QED) is 0.650. The molecule has 0 aliphatic carbocycles. The highest BCUT2D eigenvalue weighted by molar-refractivity contribution is 6.47. The minimum Gasteiger partial charge on any atom is -0.158 e. The summed E-state index contributed by atoms with van der Waals surface area (Å²) in [5, 5.41) is 10.3. The van der Waals surface area contributed by atoms with Crippen LogP contribution in [0.4, 0.5) is 0 Å². The van der Waals surface area contributed by atoms with Gasteiger partial charge in [-0.05, 0) is 6.07 Å². The van der Waals surface area contributed by atoms with Gasteiger partial charge in [0.25, 0.3) is 0 Å². The van der Waals surface area contributed by atoms with Crippen molar-refractivity contribution in [2.45, 2.75) is 0 Å². The van der Waals surface area contributed by atoms with Gasteiger partial charge in [-0.1, -0.05) is 34.8 Å². The second-order valence-electron chi connectivity index (χ2n) is 2.47. The maximum atomic E-state index is 5.94. The Morgan fingerprint density at radius 1 is 0.846 bits per heavy atom. The molecule has 1 aromatic heterocycles. The van der Waals surface area contributed by atoms with E-state index >= 15 is 0 Å². The van der Waals surface area contributed by atoms with Crippen LogP contribution in [0.2, 0.25) is 15.1 Å². The van der Waals surface area contributed by atoms with E-state index in [0.717, 1.165) is 5.39 Å². The minimum absolute atomic E-state index is 0.423. The zero-order valence-electron chi connectivity index (χ0n) is 6.26. The lowest BCUT2D eigenvalue weighted by Gasteiger charge is -2.02. The van der Waals surface area contributed by atoms with Gasteiger partial charge < -0.3 is 0 Å². The summed E-state index contributed by atoms with van der Waals surface area (Å²) in [7, 11) is 0. The molecule has 0 saturated heterocycles. The SMILES string of the molecule is Clc1cc(Cl)c2cnncc2c1Cl. The lowest BCUT2D eigenvalue weighted by atomic mass is 10.2. The van der Waals surface area contributed by atoms with Crippen LogP contribution in [0.1, 0.15) is 0 Å². The van der Waals surface area contributed by atoms with Gasteiger partial charge in [0, 0.05) is 10.8 Å². The molecule has 1 heterocycles. The highest BCUT2D eigenvalue weighted by atomic mass is 35.5. The van der Waals surface area contributed by atoms with E-state index in [-0.39, 0.29) is 0 Å². The third-order valence-electron chi connectivity index (χ3n) is 1.69. The molecule has 66 valence electrons. The predicted octanol–water partition coefficient (Wildman–Crippen LogP) is 3.59. The Labute approximate surface area is 89.4 Å². The van der Waals surface area contributed by atoms with Gasteiger partial charge in [-0.2, -0.15) is 10.2 Å². The number of aromatic nitrogens is 2. The second-order valence-corrected chi connectivity index (χ2v) is 3.66. The monoisotopic (exact) mass is 232 g/mol. The standard InChI is InChI=1S/C8H3Cl3N2/c9-6-1-7(10)8(11)5-3-13-12-2-4(5)6/h1-3H. The van der Waals surface area contributed by atoms with Gasteiger partial charge in [-0.25, -0.2) is 0 Å². The molecule has 0 saturated carbocycles. The topological polar surface area (TPSA) is 25.8 Å². The van der Waals surface area contributed by atoms with Crippen molar-refractivity contribution in [2.75, 3.05) is 0 Å². The molecular formula is C8H3Cl3N2. The Balaban J connectivity index is 2.97. The molecule has 2 rings (SSSR count). The summed E-state index contributed by atoms with van der Waals surface area (Å²) < 4.78 is 0. The fourth-order valence-electron chi connectivity index (χ4n) is 1.07. The van der Waals surface area contributed by atoms with Crippen molar-refractivity contribution >= 4 is 45.6 Å². The van der Waals surface area contributed by atoms with Crippen molar-refractivity contribution in [3.8, 4) is 0 Å². The molecule has 2 nitrogen and oxygen atoms in total. The van der Waals surface area contributed by atoms with Crippen molar-refractivity contribution in [2.24, 2.45) is 0 Å². The summed E-state index contributed by atoms with van der Waals surface area (Å²) in [5.41, 5.74) is 0. The fourth-order valence-corrected chi connectivity index (χ4v) is 1.80. The molecule has 0 atom stereocenters. The van der Waals surface area contributed by atoms with Crippen LogP contribution < -0.4 is 0 Å². The van der Waals surface area contributed by atoms with Gasteiger partial charge in [0.1, 0.15) is 0 Å². The van der Waals surface area contributed by atoms with E-state index in [2.05, 4.69) is 10.2 Å². The smallest absolute Gasteiger partial charge is 0.0688 e. The number of nitrogens with zero attached hydrogens (tertiary/aromatic N) is 2. The predicted molar refractivity (Wildman–Crippen MR) is 54.6 cm³/mol. The summed E-state index contributed by atoms with van der Waals surface area (Å²) >= 11 is 17.7. The van der Waals surface area contributed by atoms with Gasteiger partial charge in [0.2, 0.25) is 0 Å². The van der Waals surface area contributed by atoms with Crippen LogP contribution in [0.25, 0.3) is 10.8 Å². The lowest BCUT2D eigenvalue weighted by Crippen LogP contribution is -1.83. The third kappa shape index (κ3) is 1.46. The molecule has 0 bridgehead atoms. The van der Waals surface area contributed by atoms with Crippen molar-refractivity contribution < 1.29 is 0 Å². The maximum absolute atomic E-state index is 5.94. The second kappa shape index (κ2) is 3.29. The number of halogens is 3. The van der Waals surface area contributed by atoms with Crippen LogP contribution >= 0.6 is 34.8 Å². The van der Waals surface area contributed by atoms with Gasteiger partial charge >= 0.3 is 0 Å². The molecule has 0 fully saturated rings. The number of benzene rings is 1. The Hall–Kier alpha value is -0.570. The number of hydrogen-bond donors (Lipinski definition) is 0. The van der Waals surface area contributed by atoms with Crippen LogP contribution in [-0.4, -0.2) is 10.2 Å². The molecule has 0 unspecified atom stereocenters. The van der Waals surface area contributed by atoms with Gasteiger partial charge in [-0.3, -0.25) is 0 Å². The average Bonchev–Trinajstić information content (AvgIpc) is 2.15. The van der Waals surface area contributed by atoms with Crippen LogP contribution in [0.5, 0.6) is 0 Å². The van der Waals surface area contributed by atoms with Crippen molar-refractivity contribution in [1.29, 1.82) is 0 Å². The molecule has 5 heteroatoms. The molecule has 1 aromatic carbocycles. The summed E-state index contributed by atoms with van der Waals surface area (Å²) in [6.45, 7) is 0. The van der Waals surface area contributed by atoms with E-state index in [4.69, 9.17) is 34.8 Å².